The van der Waals surface area contributed by atoms with Crippen LogP contribution in [-0.4, -0.2) is 44.3 Å². The van der Waals surface area contributed by atoms with Gasteiger partial charge in [0.15, 0.2) is 0 Å². The van der Waals surface area contributed by atoms with Crippen LogP contribution in [0.4, 0.5) is 0 Å². The molecule has 0 bridgehead atoms. The summed E-state index contributed by atoms with van der Waals surface area (Å²) in [6, 6.07) is 0. The van der Waals surface area contributed by atoms with Gasteiger partial charge >= 0.3 is 0 Å². The molecule has 16 heavy (non-hydrogen) atoms. The van der Waals surface area contributed by atoms with Crippen molar-refractivity contribution in [2.24, 2.45) is 11.1 Å². The van der Waals surface area contributed by atoms with Gasteiger partial charge in [0.2, 0.25) is 0 Å². The molecular weight excluding hydrogens is 200 g/mol. The molecule has 1 unspecified atom stereocenters. The van der Waals surface area contributed by atoms with E-state index in [-0.39, 0.29) is 5.54 Å². The summed E-state index contributed by atoms with van der Waals surface area (Å²) >= 11 is 0. The normalized spacial score (nSPS) is 28.9. The summed E-state index contributed by atoms with van der Waals surface area (Å²) in [6.45, 7) is 7.41. The maximum Gasteiger partial charge on any atom is 0.0474 e. The van der Waals surface area contributed by atoms with E-state index in [1.807, 2.05) is 0 Å². The van der Waals surface area contributed by atoms with E-state index in [0.29, 0.717) is 5.41 Å². The van der Waals surface area contributed by atoms with Crippen LogP contribution < -0.4 is 5.73 Å². The van der Waals surface area contributed by atoms with Crippen molar-refractivity contribution in [3.8, 4) is 0 Å². The molecule has 1 saturated carbocycles. The van der Waals surface area contributed by atoms with Gasteiger partial charge in [0.25, 0.3) is 0 Å². The van der Waals surface area contributed by atoms with E-state index >= 15 is 0 Å². The van der Waals surface area contributed by atoms with Gasteiger partial charge in [-0.05, 0) is 38.1 Å². The van der Waals surface area contributed by atoms with Gasteiger partial charge in [0.1, 0.15) is 0 Å². The lowest BCUT2D eigenvalue weighted by Gasteiger charge is -2.39. The zero-order chi connectivity index (χ0) is 12.2. The third-order valence-corrected chi connectivity index (χ3v) is 4.11. The highest BCUT2D eigenvalue weighted by molar-refractivity contribution is 5.01. The highest BCUT2D eigenvalue weighted by atomic mass is 16.5. The van der Waals surface area contributed by atoms with Crippen molar-refractivity contribution in [1.29, 1.82) is 0 Å². The molecule has 0 aromatic rings. The van der Waals surface area contributed by atoms with E-state index in [2.05, 4.69) is 25.8 Å². The van der Waals surface area contributed by atoms with Crippen LogP contribution in [0.1, 0.15) is 39.5 Å². The Balaban J connectivity index is 2.53. The van der Waals surface area contributed by atoms with Gasteiger partial charge in [-0.1, -0.05) is 13.8 Å². The van der Waals surface area contributed by atoms with Gasteiger partial charge in [0.05, 0.1) is 0 Å². The molecular formula is C13H28N2O. The van der Waals surface area contributed by atoms with Crippen molar-refractivity contribution in [2.75, 3.05) is 33.9 Å². The predicted molar refractivity (Wildman–Crippen MR) is 68.5 cm³/mol. The Kier molecular flexibility index (Phi) is 4.77. The van der Waals surface area contributed by atoms with Crippen LogP contribution in [-0.2, 0) is 4.74 Å². The minimum Gasteiger partial charge on any atom is -0.385 e. The lowest BCUT2D eigenvalue weighted by Crippen LogP contribution is -2.51. The molecule has 0 radical (unpaired) electrons. The third kappa shape index (κ3) is 3.19. The topological polar surface area (TPSA) is 38.5 Å². The Morgan fingerprint density at radius 3 is 2.44 bits per heavy atom. The number of rotatable bonds is 6. The predicted octanol–water partition coefficient (Wildman–Crippen LogP) is 1.86. The molecule has 2 N–H and O–H groups in total. The molecule has 1 rings (SSSR count). The number of nitrogens with zero attached hydrogens (tertiary/aromatic N) is 1. The molecule has 0 amide bonds. The molecule has 96 valence electrons. The Morgan fingerprint density at radius 1 is 1.31 bits per heavy atom. The third-order valence-electron chi connectivity index (χ3n) is 4.11. The fraction of sp³-hybridized carbons (Fsp3) is 1.00. The Morgan fingerprint density at radius 2 is 2.00 bits per heavy atom. The first kappa shape index (κ1) is 13.9. The summed E-state index contributed by atoms with van der Waals surface area (Å²) in [6.07, 6.45) is 4.84. The molecule has 0 aromatic carbocycles. The lowest BCUT2D eigenvalue weighted by atomic mass is 9.87. The minimum atomic E-state index is 0.233. The molecule has 1 fully saturated rings. The Bertz CT molecular complexity index is 218. The summed E-state index contributed by atoms with van der Waals surface area (Å²) < 4.78 is 5.10. The van der Waals surface area contributed by atoms with Gasteiger partial charge in [0, 0.05) is 32.3 Å². The molecule has 1 aliphatic rings. The van der Waals surface area contributed by atoms with Gasteiger partial charge in [-0.2, -0.15) is 0 Å². The second kappa shape index (κ2) is 5.48. The van der Waals surface area contributed by atoms with E-state index in [9.17, 15) is 0 Å². The average molecular weight is 228 g/mol. The summed E-state index contributed by atoms with van der Waals surface area (Å²) in [5.74, 6) is 0. The van der Waals surface area contributed by atoms with Crippen LogP contribution in [0.5, 0.6) is 0 Å². The Hall–Kier alpha value is -0.120. The monoisotopic (exact) mass is 228 g/mol. The summed E-state index contributed by atoms with van der Waals surface area (Å²) in [5, 5.41) is 0. The van der Waals surface area contributed by atoms with Gasteiger partial charge < -0.3 is 10.5 Å². The zero-order valence-electron chi connectivity index (χ0n) is 11.4. The van der Waals surface area contributed by atoms with Crippen LogP contribution in [0.2, 0.25) is 0 Å². The van der Waals surface area contributed by atoms with E-state index < -0.39 is 0 Å². The average Bonchev–Trinajstić information content (AvgIpc) is 2.56. The first-order valence-corrected chi connectivity index (χ1v) is 6.36. The van der Waals surface area contributed by atoms with Gasteiger partial charge in [-0.25, -0.2) is 0 Å². The second-order valence-corrected chi connectivity index (χ2v) is 6.04. The van der Waals surface area contributed by atoms with Crippen molar-refractivity contribution < 1.29 is 4.74 Å². The molecule has 0 heterocycles. The van der Waals surface area contributed by atoms with Crippen LogP contribution in [0.15, 0.2) is 0 Å². The number of methoxy groups -OCH3 is 1. The summed E-state index contributed by atoms with van der Waals surface area (Å²) in [4.78, 5) is 2.46. The number of nitrogens with two attached hydrogens (primary N) is 1. The standard InChI is InChI=1S/C13H28N2O/c1-12(2)6-7-13(10-12,11-14)15(3)8-5-9-16-4/h5-11,14H2,1-4H3. The van der Waals surface area contributed by atoms with E-state index in [1.165, 1.54) is 19.3 Å². The zero-order valence-corrected chi connectivity index (χ0v) is 11.4. The number of likely N-dealkylation sites (N-methyl/N-ethyl adjacent to an activating group) is 1. The number of ether oxygens (including phenoxy) is 1. The molecule has 0 spiro atoms. The molecule has 3 nitrogen and oxygen atoms in total. The molecule has 0 aliphatic heterocycles. The first-order chi connectivity index (χ1) is 7.46. The van der Waals surface area contributed by atoms with Crippen molar-refractivity contribution in [2.45, 2.75) is 45.1 Å². The van der Waals surface area contributed by atoms with Crippen LogP contribution in [0, 0.1) is 5.41 Å². The summed E-state index contributed by atoms with van der Waals surface area (Å²) in [5.41, 5.74) is 6.71. The minimum absolute atomic E-state index is 0.233. The van der Waals surface area contributed by atoms with Crippen molar-refractivity contribution >= 4 is 0 Å². The number of hydrogen-bond donors (Lipinski definition) is 1. The number of hydrogen-bond acceptors (Lipinski definition) is 3. The fourth-order valence-corrected chi connectivity index (χ4v) is 2.98. The first-order valence-electron chi connectivity index (χ1n) is 6.36. The quantitative estimate of drug-likeness (QED) is 0.705. The van der Waals surface area contributed by atoms with E-state index in [1.54, 1.807) is 7.11 Å². The summed E-state index contributed by atoms with van der Waals surface area (Å²) in [7, 11) is 3.97. The maximum atomic E-state index is 6.02. The molecule has 1 aliphatic carbocycles. The van der Waals surface area contributed by atoms with Crippen LogP contribution >= 0.6 is 0 Å². The molecule has 0 aromatic heterocycles. The molecule has 0 saturated heterocycles. The van der Waals surface area contributed by atoms with E-state index in [0.717, 1.165) is 26.1 Å². The smallest absolute Gasteiger partial charge is 0.0474 e. The maximum absolute atomic E-state index is 6.02. The van der Waals surface area contributed by atoms with Crippen LogP contribution in [0.3, 0.4) is 0 Å². The van der Waals surface area contributed by atoms with Crippen molar-refractivity contribution in [3.63, 3.8) is 0 Å². The largest absolute Gasteiger partial charge is 0.385 e. The fourth-order valence-electron chi connectivity index (χ4n) is 2.98. The van der Waals surface area contributed by atoms with Crippen LogP contribution in [0.25, 0.3) is 0 Å². The highest BCUT2D eigenvalue weighted by Gasteiger charge is 2.44. The lowest BCUT2D eigenvalue weighted by molar-refractivity contribution is 0.102. The van der Waals surface area contributed by atoms with Gasteiger partial charge in [-0.3, -0.25) is 4.90 Å². The SMILES string of the molecule is COCCCN(C)C1(CN)CCC(C)(C)C1. The second-order valence-electron chi connectivity index (χ2n) is 6.04. The molecule has 3 heteroatoms. The highest BCUT2D eigenvalue weighted by Crippen LogP contribution is 2.45. The van der Waals surface area contributed by atoms with Crippen molar-refractivity contribution in [1.82, 2.24) is 4.90 Å². The molecule has 1 atom stereocenters. The van der Waals surface area contributed by atoms with E-state index in [4.69, 9.17) is 10.5 Å². The van der Waals surface area contributed by atoms with Gasteiger partial charge in [-0.15, -0.1) is 0 Å². The van der Waals surface area contributed by atoms with Crippen molar-refractivity contribution in [3.05, 3.63) is 0 Å². The Labute approximate surface area is 100 Å².